The molecule has 2 aliphatic heterocycles. The molecule has 0 bridgehead atoms. The van der Waals surface area contributed by atoms with Crippen LogP contribution in [0.3, 0.4) is 0 Å². The van der Waals surface area contributed by atoms with Gasteiger partial charge in [0.1, 0.15) is 0 Å². The van der Waals surface area contributed by atoms with Gasteiger partial charge >= 0.3 is 0 Å². The molecular formula is C15H30N2O. The van der Waals surface area contributed by atoms with E-state index in [1.54, 1.807) is 0 Å². The van der Waals surface area contributed by atoms with Crippen LogP contribution < -0.4 is 5.73 Å². The number of hydrogen-bond donors (Lipinski definition) is 1. The maximum atomic E-state index is 6.30. The molecule has 0 aromatic heterocycles. The van der Waals surface area contributed by atoms with Gasteiger partial charge in [0, 0.05) is 13.1 Å². The Labute approximate surface area is 112 Å². The van der Waals surface area contributed by atoms with Crippen LogP contribution in [0.5, 0.6) is 0 Å². The van der Waals surface area contributed by atoms with E-state index in [-0.39, 0.29) is 16.7 Å². The first kappa shape index (κ1) is 14.3. The number of nitrogens with zero attached hydrogens (tertiary/aromatic N) is 1. The molecule has 0 amide bonds. The van der Waals surface area contributed by atoms with Gasteiger partial charge in [-0.2, -0.15) is 0 Å². The molecule has 0 radical (unpaired) electrons. The summed E-state index contributed by atoms with van der Waals surface area (Å²) in [6, 6.07) is 0. The largest absolute Gasteiger partial charge is 0.368 e. The van der Waals surface area contributed by atoms with E-state index < -0.39 is 0 Å². The smallest absolute Gasteiger partial charge is 0.0830 e. The van der Waals surface area contributed by atoms with Crippen molar-refractivity contribution in [1.29, 1.82) is 0 Å². The zero-order chi connectivity index (χ0) is 13.6. The van der Waals surface area contributed by atoms with Gasteiger partial charge in [-0.15, -0.1) is 0 Å². The van der Waals surface area contributed by atoms with Crippen molar-refractivity contribution < 1.29 is 4.74 Å². The summed E-state index contributed by atoms with van der Waals surface area (Å²) in [5.74, 6) is 0.841. The molecule has 2 heterocycles. The Morgan fingerprint density at radius 3 is 2.33 bits per heavy atom. The third-order valence-corrected chi connectivity index (χ3v) is 5.18. The van der Waals surface area contributed by atoms with Crippen LogP contribution in [-0.4, -0.2) is 41.3 Å². The summed E-state index contributed by atoms with van der Waals surface area (Å²) in [5, 5.41) is 0. The van der Waals surface area contributed by atoms with Gasteiger partial charge in [-0.05, 0) is 53.0 Å². The second-order valence-corrected chi connectivity index (χ2v) is 7.29. The minimum Gasteiger partial charge on any atom is -0.368 e. The summed E-state index contributed by atoms with van der Waals surface area (Å²) in [7, 11) is 0. The maximum absolute atomic E-state index is 6.30. The van der Waals surface area contributed by atoms with E-state index in [2.05, 4.69) is 39.5 Å². The molecule has 2 saturated heterocycles. The van der Waals surface area contributed by atoms with E-state index >= 15 is 0 Å². The minimum atomic E-state index is -0.159. The lowest BCUT2D eigenvalue weighted by Crippen LogP contribution is -2.62. The average molecular weight is 254 g/mol. The van der Waals surface area contributed by atoms with E-state index in [0.29, 0.717) is 6.54 Å². The highest BCUT2D eigenvalue weighted by molar-refractivity contribution is 5.14. The Kier molecular flexibility index (Phi) is 3.54. The molecule has 2 unspecified atom stereocenters. The van der Waals surface area contributed by atoms with Crippen LogP contribution in [0.4, 0.5) is 0 Å². The number of nitrogens with two attached hydrogens (primary N) is 1. The fraction of sp³-hybridized carbons (Fsp3) is 1.00. The summed E-state index contributed by atoms with van der Waals surface area (Å²) in [4.78, 5) is 2.62. The topological polar surface area (TPSA) is 38.5 Å². The van der Waals surface area contributed by atoms with Crippen molar-refractivity contribution in [1.82, 2.24) is 4.90 Å². The zero-order valence-corrected chi connectivity index (χ0v) is 12.8. The highest BCUT2D eigenvalue weighted by Gasteiger charge is 2.59. The Hall–Kier alpha value is -0.120. The first-order valence-electron chi connectivity index (χ1n) is 7.42. The lowest BCUT2D eigenvalue weighted by atomic mass is 9.77. The molecule has 0 aromatic carbocycles. The van der Waals surface area contributed by atoms with Crippen LogP contribution >= 0.6 is 0 Å². The van der Waals surface area contributed by atoms with Gasteiger partial charge in [-0.3, -0.25) is 4.90 Å². The zero-order valence-electron chi connectivity index (χ0n) is 12.8. The van der Waals surface area contributed by atoms with Crippen LogP contribution in [0.1, 0.15) is 53.9 Å². The van der Waals surface area contributed by atoms with Crippen molar-refractivity contribution in [3.8, 4) is 0 Å². The van der Waals surface area contributed by atoms with Gasteiger partial charge in [0.25, 0.3) is 0 Å². The van der Waals surface area contributed by atoms with Crippen LogP contribution in [0, 0.1) is 5.92 Å². The van der Waals surface area contributed by atoms with E-state index in [9.17, 15) is 0 Å². The molecule has 0 aromatic rings. The van der Waals surface area contributed by atoms with Crippen molar-refractivity contribution in [2.24, 2.45) is 11.7 Å². The molecule has 106 valence electrons. The molecule has 2 N–H and O–H groups in total. The van der Waals surface area contributed by atoms with Gasteiger partial charge in [0.05, 0.1) is 16.7 Å². The second kappa shape index (κ2) is 4.46. The lowest BCUT2D eigenvalue weighted by Gasteiger charge is -2.46. The van der Waals surface area contributed by atoms with Crippen molar-refractivity contribution in [3.63, 3.8) is 0 Å². The predicted molar refractivity (Wildman–Crippen MR) is 75.6 cm³/mol. The second-order valence-electron chi connectivity index (χ2n) is 7.29. The van der Waals surface area contributed by atoms with Crippen molar-refractivity contribution in [2.75, 3.05) is 19.6 Å². The van der Waals surface area contributed by atoms with Crippen LogP contribution in [0.15, 0.2) is 0 Å². The summed E-state index contributed by atoms with van der Waals surface area (Å²) >= 11 is 0. The molecule has 2 aliphatic rings. The summed E-state index contributed by atoms with van der Waals surface area (Å²) in [6.07, 6.45) is 3.64. The SMILES string of the molecule is CCC1CCN(C2(CN)CC(C)(C)OC2(C)C)C1. The van der Waals surface area contributed by atoms with Crippen LogP contribution in [-0.2, 0) is 4.74 Å². The first-order chi connectivity index (χ1) is 8.26. The van der Waals surface area contributed by atoms with Gasteiger partial charge in [0.15, 0.2) is 0 Å². The van der Waals surface area contributed by atoms with E-state index in [1.165, 1.54) is 25.9 Å². The molecule has 0 spiro atoms. The molecule has 2 rings (SSSR count). The molecule has 3 nitrogen and oxygen atoms in total. The Morgan fingerprint density at radius 1 is 1.28 bits per heavy atom. The standard InChI is InChI=1S/C15H30N2O/c1-6-12-7-8-17(9-12)15(11-16)10-13(2,3)18-14(15,4)5/h12H,6-11,16H2,1-5H3. The highest BCUT2D eigenvalue weighted by Crippen LogP contribution is 2.49. The van der Waals surface area contributed by atoms with Crippen molar-refractivity contribution >= 4 is 0 Å². The maximum Gasteiger partial charge on any atom is 0.0830 e. The first-order valence-corrected chi connectivity index (χ1v) is 7.42. The Bertz CT molecular complexity index is 314. The summed E-state index contributed by atoms with van der Waals surface area (Å²) in [5.41, 5.74) is 6.00. The molecule has 0 saturated carbocycles. The third kappa shape index (κ3) is 2.10. The Balaban J connectivity index is 2.26. The normalized spacial score (nSPS) is 39.3. The van der Waals surface area contributed by atoms with Crippen LogP contribution in [0.2, 0.25) is 0 Å². The molecule has 0 aliphatic carbocycles. The van der Waals surface area contributed by atoms with Crippen molar-refractivity contribution in [3.05, 3.63) is 0 Å². The van der Waals surface area contributed by atoms with Crippen molar-refractivity contribution in [2.45, 2.75) is 70.6 Å². The molecule has 3 heteroatoms. The molecular weight excluding hydrogens is 224 g/mol. The minimum absolute atomic E-state index is 0.0143. The Morgan fingerprint density at radius 2 is 1.94 bits per heavy atom. The number of rotatable bonds is 3. The fourth-order valence-electron chi connectivity index (χ4n) is 4.23. The van der Waals surface area contributed by atoms with Gasteiger partial charge in [0.2, 0.25) is 0 Å². The predicted octanol–water partition coefficient (Wildman–Crippen LogP) is 2.39. The quantitative estimate of drug-likeness (QED) is 0.840. The number of ether oxygens (including phenoxy) is 1. The van der Waals surface area contributed by atoms with Gasteiger partial charge < -0.3 is 10.5 Å². The number of likely N-dealkylation sites (tertiary alicyclic amines) is 1. The van der Waals surface area contributed by atoms with Gasteiger partial charge in [-0.25, -0.2) is 0 Å². The molecule has 2 atom stereocenters. The third-order valence-electron chi connectivity index (χ3n) is 5.18. The highest BCUT2D eigenvalue weighted by atomic mass is 16.5. The number of hydrogen-bond acceptors (Lipinski definition) is 3. The van der Waals surface area contributed by atoms with Crippen LogP contribution in [0.25, 0.3) is 0 Å². The summed E-state index contributed by atoms with van der Waals surface area (Å²) < 4.78 is 6.30. The van der Waals surface area contributed by atoms with Gasteiger partial charge in [-0.1, -0.05) is 13.3 Å². The average Bonchev–Trinajstić information content (AvgIpc) is 2.78. The fourth-order valence-corrected chi connectivity index (χ4v) is 4.23. The molecule has 18 heavy (non-hydrogen) atoms. The monoisotopic (exact) mass is 254 g/mol. The van der Waals surface area contributed by atoms with E-state index in [4.69, 9.17) is 10.5 Å². The van der Waals surface area contributed by atoms with E-state index in [0.717, 1.165) is 12.3 Å². The van der Waals surface area contributed by atoms with E-state index in [1.807, 2.05) is 0 Å². The molecule has 2 fully saturated rings. The summed E-state index contributed by atoms with van der Waals surface area (Å²) in [6.45, 7) is 14.2. The lowest BCUT2D eigenvalue weighted by molar-refractivity contribution is -0.101.